The standard InChI is InChI=1S/C14H16N2O2/c1-4-12(10-5-6-10)18-14(17)11-7-8-15-13(9-11)16(2)3/h1,7-10,12H,5-6H2,2-3H3/t12-/m0/s1. The summed E-state index contributed by atoms with van der Waals surface area (Å²) in [5.41, 5.74) is 0.481. The molecule has 0 saturated heterocycles. The SMILES string of the molecule is C#C[C@H](OC(=O)c1ccnc(N(C)C)c1)C1CC1. The van der Waals surface area contributed by atoms with E-state index in [4.69, 9.17) is 11.2 Å². The van der Waals surface area contributed by atoms with Crippen molar-refractivity contribution in [2.24, 2.45) is 5.92 Å². The van der Waals surface area contributed by atoms with Gasteiger partial charge in [0, 0.05) is 26.2 Å². The lowest BCUT2D eigenvalue weighted by Crippen LogP contribution is -2.19. The van der Waals surface area contributed by atoms with E-state index in [0.717, 1.165) is 12.8 Å². The van der Waals surface area contributed by atoms with Crippen LogP contribution in [0.15, 0.2) is 18.3 Å². The number of anilines is 1. The second-order valence-electron chi connectivity index (χ2n) is 4.63. The van der Waals surface area contributed by atoms with Crippen molar-refractivity contribution in [2.45, 2.75) is 18.9 Å². The number of rotatable bonds is 4. The molecular weight excluding hydrogens is 228 g/mol. The molecule has 1 aromatic heterocycles. The maximum atomic E-state index is 12.0. The Labute approximate surface area is 107 Å². The summed E-state index contributed by atoms with van der Waals surface area (Å²) in [5, 5.41) is 0. The van der Waals surface area contributed by atoms with E-state index in [1.54, 1.807) is 18.3 Å². The molecule has 1 aliphatic carbocycles. The van der Waals surface area contributed by atoms with Gasteiger partial charge in [0.2, 0.25) is 0 Å². The number of hydrogen-bond donors (Lipinski definition) is 0. The highest BCUT2D eigenvalue weighted by atomic mass is 16.5. The summed E-state index contributed by atoms with van der Waals surface area (Å²) < 4.78 is 5.32. The van der Waals surface area contributed by atoms with E-state index < -0.39 is 6.10 Å². The van der Waals surface area contributed by atoms with Crippen LogP contribution in [0.5, 0.6) is 0 Å². The number of carbonyl (C=O) groups is 1. The molecule has 1 atom stereocenters. The Hall–Kier alpha value is -2.02. The topological polar surface area (TPSA) is 42.4 Å². The van der Waals surface area contributed by atoms with Gasteiger partial charge in [0.15, 0.2) is 6.10 Å². The van der Waals surface area contributed by atoms with E-state index in [9.17, 15) is 4.79 Å². The number of esters is 1. The molecule has 94 valence electrons. The minimum Gasteiger partial charge on any atom is -0.445 e. The van der Waals surface area contributed by atoms with Crippen LogP contribution in [0.1, 0.15) is 23.2 Å². The van der Waals surface area contributed by atoms with Crippen molar-refractivity contribution in [3.63, 3.8) is 0 Å². The second kappa shape index (κ2) is 5.09. The average Bonchev–Trinajstić information content (AvgIpc) is 3.20. The van der Waals surface area contributed by atoms with Gasteiger partial charge in [0.1, 0.15) is 5.82 Å². The number of nitrogens with zero attached hydrogens (tertiary/aromatic N) is 2. The maximum Gasteiger partial charge on any atom is 0.339 e. The van der Waals surface area contributed by atoms with Crippen LogP contribution in [0.2, 0.25) is 0 Å². The molecule has 1 saturated carbocycles. The molecule has 1 aromatic rings. The van der Waals surface area contributed by atoms with Crippen LogP contribution < -0.4 is 4.90 Å². The highest BCUT2D eigenvalue weighted by Crippen LogP contribution is 2.34. The molecular formula is C14H16N2O2. The van der Waals surface area contributed by atoms with Crippen molar-refractivity contribution in [3.8, 4) is 12.3 Å². The fraction of sp³-hybridized carbons (Fsp3) is 0.429. The van der Waals surface area contributed by atoms with Gasteiger partial charge in [-0.3, -0.25) is 0 Å². The lowest BCUT2D eigenvalue weighted by Gasteiger charge is -2.14. The van der Waals surface area contributed by atoms with Crippen LogP contribution in [0.3, 0.4) is 0 Å². The molecule has 4 heteroatoms. The zero-order chi connectivity index (χ0) is 13.1. The molecule has 18 heavy (non-hydrogen) atoms. The van der Waals surface area contributed by atoms with Gasteiger partial charge in [-0.25, -0.2) is 9.78 Å². The molecule has 0 amide bonds. The Kier molecular flexibility index (Phi) is 3.52. The summed E-state index contributed by atoms with van der Waals surface area (Å²) in [4.78, 5) is 17.9. The normalized spacial score (nSPS) is 15.6. The van der Waals surface area contributed by atoms with Crippen molar-refractivity contribution in [3.05, 3.63) is 23.9 Å². The Bertz CT molecular complexity index is 487. The van der Waals surface area contributed by atoms with Gasteiger partial charge in [-0.2, -0.15) is 0 Å². The number of pyridine rings is 1. The van der Waals surface area contributed by atoms with E-state index in [-0.39, 0.29) is 5.97 Å². The van der Waals surface area contributed by atoms with E-state index in [2.05, 4.69) is 10.9 Å². The summed E-state index contributed by atoms with van der Waals surface area (Å²) in [6, 6.07) is 3.33. The molecule has 0 aliphatic heterocycles. The zero-order valence-corrected chi connectivity index (χ0v) is 10.6. The Morgan fingerprint density at radius 2 is 2.33 bits per heavy atom. The monoisotopic (exact) mass is 244 g/mol. The molecule has 0 N–H and O–H groups in total. The zero-order valence-electron chi connectivity index (χ0n) is 10.6. The molecule has 1 heterocycles. The molecule has 4 nitrogen and oxygen atoms in total. The number of ether oxygens (including phenoxy) is 1. The predicted molar refractivity (Wildman–Crippen MR) is 69.3 cm³/mol. The minimum absolute atomic E-state index is 0.342. The number of carbonyl (C=O) groups excluding carboxylic acids is 1. The summed E-state index contributed by atoms with van der Waals surface area (Å²) >= 11 is 0. The molecule has 2 rings (SSSR count). The van der Waals surface area contributed by atoms with E-state index in [1.807, 2.05) is 19.0 Å². The molecule has 0 aromatic carbocycles. The lowest BCUT2D eigenvalue weighted by molar-refractivity contribution is 0.0374. The van der Waals surface area contributed by atoms with E-state index in [1.165, 1.54) is 0 Å². The first-order valence-corrected chi connectivity index (χ1v) is 5.92. The third kappa shape index (κ3) is 2.80. The summed E-state index contributed by atoms with van der Waals surface area (Å²) in [6.07, 6.45) is 8.65. The largest absolute Gasteiger partial charge is 0.445 e. The predicted octanol–water partition coefficient (Wildman–Crippen LogP) is 1.72. The van der Waals surface area contributed by atoms with Gasteiger partial charge < -0.3 is 9.64 Å². The Balaban J connectivity index is 2.08. The number of hydrogen-bond acceptors (Lipinski definition) is 4. The number of terminal acetylenes is 1. The van der Waals surface area contributed by atoms with Crippen LogP contribution in [-0.4, -0.2) is 31.2 Å². The molecule has 1 aliphatic rings. The van der Waals surface area contributed by atoms with Gasteiger partial charge in [-0.1, -0.05) is 5.92 Å². The van der Waals surface area contributed by atoms with Gasteiger partial charge >= 0.3 is 5.97 Å². The number of aromatic nitrogens is 1. The molecule has 0 spiro atoms. The highest BCUT2D eigenvalue weighted by Gasteiger charge is 2.33. The highest BCUT2D eigenvalue weighted by molar-refractivity contribution is 5.90. The van der Waals surface area contributed by atoms with Crippen LogP contribution in [0.4, 0.5) is 5.82 Å². The van der Waals surface area contributed by atoms with Crippen LogP contribution in [-0.2, 0) is 4.74 Å². The first kappa shape index (κ1) is 12.4. The smallest absolute Gasteiger partial charge is 0.339 e. The lowest BCUT2D eigenvalue weighted by atomic mass is 10.2. The van der Waals surface area contributed by atoms with Crippen LogP contribution in [0, 0.1) is 18.3 Å². The van der Waals surface area contributed by atoms with E-state index in [0.29, 0.717) is 17.3 Å². The van der Waals surface area contributed by atoms with Crippen molar-refractivity contribution in [1.82, 2.24) is 4.98 Å². The average molecular weight is 244 g/mol. The Morgan fingerprint density at radius 1 is 1.61 bits per heavy atom. The van der Waals surface area contributed by atoms with Crippen LogP contribution >= 0.6 is 0 Å². The first-order chi connectivity index (χ1) is 8.61. The quantitative estimate of drug-likeness (QED) is 0.597. The molecule has 0 unspecified atom stereocenters. The van der Waals surface area contributed by atoms with Crippen molar-refractivity contribution < 1.29 is 9.53 Å². The van der Waals surface area contributed by atoms with Crippen molar-refractivity contribution in [2.75, 3.05) is 19.0 Å². The summed E-state index contributed by atoms with van der Waals surface area (Å²) in [6.45, 7) is 0. The molecule has 0 radical (unpaired) electrons. The van der Waals surface area contributed by atoms with Gasteiger partial charge in [-0.15, -0.1) is 6.42 Å². The Morgan fingerprint density at radius 3 is 2.89 bits per heavy atom. The first-order valence-electron chi connectivity index (χ1n) is 5.92. The maximum absolute atomic E-state index is 12.0. The fourth-order valence-electron chi connectivity index (χ4n) is 1.64. The van der Waals surface area contributed by atoms with Gasteiger partial charge in [0.05, 0.1) is 5.56 Å². The molecule has 0 bridgehead atoms. The second-order valence-corrected chi connectivity index (χ2v) is 4.63. The fourth-order valence-corrected chi connectivity index (χ4v) is 1.64. The van der Waals surface area contributed by atoms with Gasteiger partial charge in [0.25, 0.3) is 0 Å². The summed E-state index contributed by atoms with van der Waals surface area (Å²) in [7, 11) is 3.73. The van der Waals surface area contributed by atoms with E-state index >= 15 is 0 Å². The molecule has 1 fully saturated rings. The third-order valence-electron chi connectivity index (χ3n) is 2.89. The van der Waals surface area contributed by atoms with Crippen LogP contribution in [0.25, 0.3) is 0 Å². The third-order valence-corrected chi connectivity index (χ3v) is 2.89. The summed E-state index contributed by atoms with van der Waals surface area (Å²) in [5.74, 6) is 3.21. The van der Waals surface area contributed by atoms with Crippen molar-refractivity contribution in [1.29, 1.82) is 0 Å². The minimum atomic E-state index is -0.395. The van der Waals surface area contributed by atoms with Gasteiger partial charge in [-0.05, 0) is 25.0 Å². The van der Waals surface area contributed by atoms with Crippen molar-refractivity contribution >= 4 is 11.8 Å².